The number of fused-ring (bicyclic) bond motifs is 1. The van der Waals surface area contributed by atoms with Crippen molar-refractivity contribution in [2.75, 3.05) is 26.2 Å². The highest BCUT2D eigenvalue weighted by Crippen LogP contribution is 2.44. The number of aromatic nitrogens is 3. The average molecular weight is 554 g/mol. The molecule has 41 heavy (non-hydrogen) atoms. The Kier molecular flexibility index (Phi) is 7.48. The van der Waals surface area contributed by atoms with E-state index in [2.05, 4.69) is 15.0 Å². The number of piperazine rings is 1. The van der Waals surface area contributed by atoms with E-state index in [1.807, 2.05) is 51.1 Å². The number of allylic oxidation sites excluding steroid dienone is 3. The zero-order valence-corrected chi connectivity index (χ0v) is 23.8. The Bertz CT molecular complexity index is 1570. The van der Waals surface area contributed by atoms with Gasteiger partial charge >= 0.3 is 0 Å². The van der Waals surface area contributed by atoms with Crippen molar-refractivity contribution in [2.24, 2.45) is 5.41 Å². The third kappa shape index (κ3) is 5.63. The fraction of sp³-hybridized carbons (Fsp3) is 0.344. The van der Waals surface area contributed by atoms with Gasteiger partial charge in [0.2, 0.25) is 5.91 Å². The molecule has 0 bridgehead atoms. The molecule has 5 rings (SSSR count). The smallest absolute Gasteiger partial charge is 0.272 e. The minimum atomic E-state index is -1.28. The molecular formula is C32H35N5O4. The van der Waals surface area contributed by atoms with Gasteiger partial charge in [0.25, 0.3) is 5.91 Å². The number of pyridine rings is 1. The quantitative estimate of drug-likeness (QED) is 0.363. The van der Waals surface area contributed by atoms with E-state index in [1.54, 1.807) is 41.0 Å². The summed E-state index contributed by atoms with van der Waals surface area (Å²) >= 11 is 0. The predicted octanol–water partition coefficient (Wildman–Crippen LogP) is 4.09. The minimum absolute atomic E-state index is 0.00117. The largest absolute Gasteiger partial charge is 0.381 e. The predicted molar refractivity (Wildman–Crippen MR) is 157 cm³/mol. The van der Waals surface area contributed by atoms with Crippen LogP contribution in [0.25, 0.3) is 22.6 Å². The van der Waals surface area contributed by atoms with Gasteiger partial charge in [-0.1, -0.05) is 43.7 Å². The summed E-state index contributed by atoms with van der Waals surface area (Å²) in [6.45, 7) is 8.92. The molecule has 1 fully saturated rings. The van der Waals surface area contributed by atoms with Crippen LogP contribution in [0, 0.1) is 5.41 Å². The average Bonchev–Trinajstić information content (AvgIpc) is 3.39. The normalized spacial score (nSPS) is 21.4. The van der Waals surface area contributed by atoms with Crippen LogP contribution in [-0.2, 0) is 9.59 Å². The molecule has 1 aliphatic heterocycles. The second-order valence-electron chi connectivity index (χ2n) is 11.5. The van der Waals surface area contributed by atoms with Crippen molar-refractivity contribution in [3.63, 3.8) is 0 Å². The molecule has 2 aromatic heterocycles. The van der Waals surface area contributed by atoms with E-state index in [4.69, 9.17) is 0 Å². The van der Waals surface area contributed by atoms with Crippen molar-refractivity contribution in [1.29, 1.82) is 0 Å². The van der Waals surface area contributed by atoms with Gasteiger partial charge in [-0.2, -0.15) is 0 Å². The van der Waals surface area contributed by atoms with Crippen molar-refractivity contribution < 1.29 is 19.5 Å². The van der Waals surface area contributed by atoms with Crippen molar-refractivity contribution in [3.05, 3.63) is 83.6 Å². The molecule has 3 heterocycles. The molecule has 2 amide bonds. The van der Waals surface area contributed by atoms with E-state index in [-0.39, 0.29) is 24.0 Å². The fourth-order valence-corrected chi connectivity index (χ4v) is 5.55. The molecule has 2 aliphatic rings. The van der Waals surface area contributed by atoms with Crippen molar-refractivity contribution in [3.8, 4) is 11.5 Å². The van der Waals surface area contributed by atoms with Crippen LogP contribution < -0.4 is 0 Å². The van der Waals surface area contributed by atoms with Crippen LogP contribution in [0.1, 0.15) is 44.6 Å². The molecule has 1 aromatic carbocycles. The zero-order valence-electron chi connectivity index (χ0n) is 23.8. The van der Waals surface area contributed by atoms with Crippen LogP contribution in [0.3, 0.4) is 0 Å². The second kappa shape index (κ2) is 10.9. The molecule has 1 aliphatic carbocycles. The summed E-state index contributed by atoms with van der Waals surface area (Å²) in [5.74, 6) is 0.259. The lowest BCUT2D eigenvalue weighted by Crippen LogP contribution is -2.50. The number of aromatic amines is 1. The minimum Gasteiger partial charge on any atom is -0.381 e. The monoisotopic (exact) mass is 553 g/mol. The molecule has 0 unspecified atom stereocenters. The molecule has 0 saturated carbocycles. The topological polar surface area (TPSA) is 119 Å². The van der Waals surface area contributed by atoms with E-state index in [0.717, 1.165) is 16.6 Å². The number of imidazole rings is 1. The van der Waals surface area contributed by atoms with Crippen molar-refractivity contribution >= 4 is 28.6 Å². The maximum Gasteiger partial charge on any atom is 0.272 e. The van der Waals surface area contributed by atoms with Gasteiger partial charge < -0.3 is 19.9 Å². The highest BCUT2D eigenvalue weighted by Gasteiger charge is 2.47. The SMILES string of the molecule is CC1=CC(=O)CC(C)(C)[C@]1(O)/C=C(C)\C=C\C(=O)N1CCN(C(=O)c2cccc(-c3nc4ccccc4[nH]3)n2)CC1. The zero-order chi connectivity index (χ0) is 29.4. The van der Waals surface area contributed by atoms with Gasteiger partial charge in [-0.25, -0.2) is 9.97 Å². The van der Waals surface area contributed by atoms with Crippen LogP contribution in [0.5, 0.6) is 0 Å². The summed E-state index contributed by atoms with van der Waals surface area (Å²) in [5.41, 5.74) is 2.03. The van der Waals surface area contributed by atoms with Crippen LogP contribution in [-0.4, -0.2) is 79.2 Å². The molecule has 212 valence electrons. The second-order valence-corrected chi connectivity index (χ2v) is 11.5. The lowest BCUT2D eigenvalue weighted by atomic mass is 9.64. The van der Waals surface area contributed by atoms with Crippen molar-refractivity contribution in [1.82, 2.24) is 24.8 Å². The molecule has 2 N–H and O–H groups in total. The number of carbonyl (C=O) groups excluding carboxylic acids is 3. The van der Waals surface area contributed by atoms with Gasteiger partial charge in [0.05, 0.1) is 11.0 Å². The van der Waals surface area contributed by atoms with E-state index in [9.17, 15) is 19.5 Å². The van der Waals surface area contributed by atoms with Gasteiger partial charge in [0.1, 0.15) is 17.0 Å². The third-order valence-electron chi connectivity index (χ3n) is 8.03. The van der Waals surface area contributed by atoms with Gasteiger partial charge in [-0.3, -0.25) is 14.4 Å². The van der Waals surface area contributed by atoms with Gasteiger partial charge in [0, 0.05) is 44.1 Å². The third-order valence-corrected chi connectivity index (χ3v) is 8.03. The van der Waals surface area contributed by atoms with Gasteiger partial charge in [0.15, 0.2) is 11.6 Å². The van der Waals surface area contributed by atoms with Crippen LogP contribution in [0.4, 0.5) is 0 Å². The number of benzene rings is 1. The molecule has 1 saturated heterocycles. The summed E-state index contributed by atoms with van der Waals surface area (Å²) in [5, 5.41) is 11.4. The number of nitrogens with one attached hydrogen (secondary N) is 1. The number of para-hydroxylation sites is 2. The molecule has 3 aromatic rings. The lowest BCUT2D eigenvalue weighted by Gasteiger charge is -2.44. The Morgan fingerprint density at radius 3 is 2.39 bits per heavy atom. The fourth-order valence-electron chi connectivity index (χ4n) is 5.55. The first kappa shape index (κ1) is 28.2. The summed E-state index contributed by atoms with van der Waals surface area (Å²) in [6.07, 6.45) is 6.64. The molecule has 9 heteroatoms. The summed E-state index contributed by atoms with van der Waals surface area (Å²) < 4.78 is 0. The number of nitrogens with zero attached hydrogens (tertiary/aromatic N) is 4. The van der Waals surface area contributed by atoms with Gasteiger partial charge in [-0.15, -0.1) is 0 Å². The lowest BCUT2D eigenvalue weighted by molar-refractivity contribution is -0.127. The van der Waals surface area contributed by atoms with Crippen LogP contribution in [0.15, 0.2) is 77.9 Å². The first-order valence-electron chi connectivity index (χ1n) is 13.8. The number of hydrogen-bond donors (Lipinski definition) is 2. The first-order chi connectivity index (χ1) is 19.5. The maximum absolute atomic E-state index is 13.2. The Morgan fingerprint density at radius 1 is 0.976 bits per heavy atom. The number of rotatable bonds is 5. The standard InChI is InChI=1S/C32H35N5O4/c1-21(19-32(41)22(2)18-23(38)20-31(32,3)4)12-13-28(39)36-14-16-37(17-15-36)30(40)27-11-7-10-26(33-27)29-34-24-8-5-6-9-25(24)35-29/h5-13,18-19,41H,14-17,20H2,1-4H3,(H,34,35)/b13-12+,21-19-/t32-/m0/s1. The number of amides is 2. The van der Waals surface area contributed by atoms with E-state index < -0.39 is 11.0 Å². The summed E-state index contributed by atoms with van der Waals surface area (Å²) in [6, 6.07) is 13.0. The Labute approximate surface area is 239 Å². The number of aliphatic hydroxyl groups is 1. The Hall–Kier alpha value is -4.37. The molecule has 9 nitrogen and oxygen atoms in total. The highest BCUT2D eigenvalue weighted by molar-refractivity contribution is 5.94. The van der Waals surface area contributed by atoms with Gasteiger partial charge in [-0.05, 0) is 55.8 Å². The Balaban J connectivity index is 1.20. The number of hydrogen-bond acceptors (Lipinski definition) is 6. The summed E-state index contributed by atoms with van der Waals surface area (Å²) in [4.78, 5) is 53.9. The van der Waals surface area contributed by atoms with E-state index in [1.165, 1.54) is 12.2 Å². The Morgan fingerprint density at radius 2 is 1.68 bits per heavy atom. The van der Waals surface area contributed by atoms with E-state index >= 15 is 0 Å². The molecule has 0 radical (unpaired) electrons. The molecule has 0 spiro atoms. The number of carbonyl (C=O) groups is 3. The van der Waals surface area contributed by atoms with Crippen LogP contribution >= 0.6 is 0 Å². The number of H-pyrrole nitrogens is 1. The van der Waals surface area contributed by atoms with E-state index in [0.29, 0.717) is 49.0 Å². The molecular weight excluding hydrogens is 518 g/mol. The summed E-state index contributed by atoms with van der Waals surface area (Å²) in [7, 11) is 0. The maximum atomic E-state index is 13.2. The highest BCUT2D eigenvalue weighted by atomic mass is 16.3. The van der Waals surface area contributed by atoms with Crippen molar-refractivity contribution in [2.45, 2.75) is 39.7 Å². The first-order valence-corrected chi connectivity index (χ1v) is 13.8. The number of ketones is 1. The molecule has 1 atom stereocenters. The van der Waals surface area contributed by atoms with Crippen LogP contribution in [0.2, 0.25) is 0 Å².